The lowest BCUT2D eigenvalue weighted by Crippen LogP contribution is -2.48. The molecule has 0 unspecified atom stereocenters. The van der Waals surface area contributed by atoms with Crippen LogP contribution in [0.1, 0.15) is 25.3 Å². The molecule has 0 amide bonds. The van der Waals surface area contributed by atoms with Crippen LogP contribution in [0, 0.1) is 5.82 Å². The Morgan fingerprint density at radius 1 is 1.29 bits per heavy atom. The summed E-state index contributed by atoms with van der Waals surface area (Å²) in [5, 5.41) is 6.75. The molecule has 1 aromatic carbocycles. The van der Waals surface area contributed by atoms with Gasteiger partial charge >= 0.3 is 0 Å². The van der Waals surface area contributed by atoms with Gasteiger partial charge < -0.3 is 15.5 Å². The third-order valence-electron chi connectivity index (χ3n) is 4.58. The molecule has 28 heavy (non-hydrogen) atoms. The molecule has 1 saturated heterocycles. The first kappa shape index (κ1) is 22.9. The Balaban J connectivity index is 0.00000280. The van der Waals surface area contributed by atoms with Crippen LogP contribution in [-0.2, 0) is 6.54 Å². The van der Waals surface area contributed by atoms with Crippen molar-refractivity contribution in [2.24, 2.45) is 4.99 Å². The lowest BCUT2D eigenvalue weighted by Gasteiger charge is -2.33. The van der Waals surface area contributed by atoms with E-state index in [1.807, 2.05) is 37.4 Å². The zero-order chi connectivity index (χ0) is 19.1. The van der Waals surface area contributed by atoms with Crippen LogP contribution in [-0.4, -0.2) is 36.6 Å². The largest absolute Gasteiger partial charge is 0.357 e. The molecule has 0 aliphatic carbocycles. The van der Waals surface area contributed by atoms with Gasteiger partial charge in [-0.05, 0) is 44.0 Å². The Labute approximate surface area is 191 Å². The van der Waals surface area contributed by atoms with Gasteiger partial charge in [0, 0.05) is 41.9 Å². The number of nitrogens with zero attached hydrogens (tertiary/aromatic N) is 3. The number of aromatic nitrogens is 1. The average molecular weight is 562 g/mol. The van der Waals surface area contributed by atoms with Gasteiger partial charge in [0.05, 0.1) is 6.54 Å². The van der Waals surface area contributed by atoms with Gasteiger partial charge in [-0.15, -0.1) is 24.0 Å². The summed E-state index contributed by atoms with van der Waals surface area (Å²) in [5.41, 5.74) is 0.584. The monoisotopic (exact) mass is 561 g/mol. The molecular formula is C20H26BrFIN5. The van der Waals surface area contributed by atoms with Crippen LogP contribution in [0.5, 0.6) is 0 Å². The number of guanidine groups is 1. The zero-order valence-corrected chi connectivity index (χ0v) is 19.8. The summed E-state index contributed by atoms with van der Waals surface area (Å²) in [5.74, 6) is 1.52. The van der Waals surface area contributed by atoms with Crippen molar-refractivity contribution in [1.29, 1.82) is 0 Å². The minimum atomic E-state index is -0.243. The molecule has 1 fully saturated rings. The smallest absolute Gasteiger partial charge is 0.191 e. The number of pyridine rings is 1. The number of halogens is 3. The highest BCUT2D eigenvalue weighted by molar-refractivity contribution is 14.0. The van der Waals surface area contributed by atoms with Crippen LogP contribution in [0.4, 0.5) is 10.2 Å². The molecule has 1 aromatic heterocycles. The van der Waals surface area contributed by atoms with Gasteiger partial charge in [-0.3, -0.25) is 0 Å². The van der Waals surface area contributed by atoms with E-state index in [0.29, 0.717) is 18.2 Å². The Kier molecular flexibility index (Phi) is 9.43. The SMILES string of the molecule is CCNC(=NCc1ccc(Br)cc1F)NC1CCN(c2ccccn2)CC1.I. The predicted octanol–water partition coefficient (Wildman–Crippen LogP) is 4.33. The fourth-order valence-corrected chi connectivity index (χ4v) is 3.45. The average Bonchev–Trinajstić information content (AvgIpc) is 2.68. The van der Waals surface area contributed by atoms with E-state index in [1.54, 1.807) is 6.07 Å². The standard InChI is InChI=1S/C20H25BrFN5.HI/c1-2-23-20(25-14-15-6-7-16(21)13-18(15)22)26-17-8-11-27(12-9-17)19-5-3-4-10-24-19;/h3-7,10,13,17H,2,8-9,11-12,14H2,1H3,(H2,23,25,26);1H. The van der Waals surface area contributed by atoms with Crippen molar-refractivity contribution in [1.82, 2.24) is 15.6 Å². The van der Waals surface area contributed by atoms with Gasteiger partial charge in [0.2, 0.25) is 0 Å². The van der Waals surface area contributed by atoms with E-state index in [-0.39, 0.29) is 29.8 Å². The first-order chi connectivity index (χ1) is 13.2. The first-order valence-corrected chi connectivity index (χ1v) is 10.1. The second kappa shape index (κ2) is 11.5. The summed E-state index contributed by atoms with van der Waals surface area (Å²) >= 11 is 3.28. The minimum absolute atomic E-state index is 0. The number of aliphatic imine (C=N–C) groups is 1. The van der Waals surface area contributed by atoms with E-state index in [2.05, 4.69) is 41.4 Å². The topological polar surface area (TPSA) is 52.6 Å². The van der Waals surface area contributed by atoms with Crippen molar-refractivity contribution in [2.75, 3.05) is 24.5 Å². The fraction of sp³-hybridized carbons (Fsp3) is 0.400. The first-order valence-electron chi connectivity index (χ1n) is 9.30. The molecule has 2 N–H and O–H groups in total. The van der Waals surface area contributed by atoms with Gasteiger partial charge in [0.15, 0.2) is 5.96 Å². The highest BCUT2D eigenvalue weighted by Gasteiger charge is 2.20. The van der Waals surface area contributed by atoms with Crippen LogP contribution in [0.2, 0.25) is 0 Å². The van der Waals surface area contributed by atoms with Gasteiger partial charge in [0.1, 0.15) is 11.6 Å². The normalized spacial score (nSPS) is 15.1. The quantitative estimate of drug-likeness (QED) is 0.324. The predicted molar refractivity (Wildman–Crippen MR) is 127 cm³/mol. The van der Waals surface area contributed by atoms with Crippen LogP contribution in [0.3, 0.4) is 0 Å². The summed E-state index contributed by atoms with van der Waals surface area (Å²) < 4.78 is 14.7. The second-order valence-corrected chi connectivity index (χ2v) is 7.44. The molecule has 0 radical (unpaired) electrons. The molecule has 5 nitrogen and oxygen atoms in total. The summed E-state index contributed by atoms with van der Waals surface area (Å²) in [4.78, 5) is 11.3. The van der Waals surface area contributed by atoms with Crippen molar-refractivity contribution in [3.8, 4) is 0 Å². The summed E-state index contributed by atoms with van der Waals surface area (Å²) in [6.07, 6.45) is 3.85. The highest BCUT2D eigenvalue weighted by Crippen LogP contribution is 2.18. The summed E-state index contributed by atoms with van der Waals surface area (Å²) in [7, 11) is 0. The maximum Gasteiger partial charge on any atom is 0.191 e. The Morgan fingerprint density at radius 2 is 2.07 bits per heavy atom. The zero-order valence-electron chi connectivity index (χ0n) is 15.9. The molecule has 8 heteroatoms. The van der Waals surface area contributed by atoms with Crippen molar-refractivity contribution >= 4 is 51.7 Å². The molecule has 1 aliphatic rings. The molecule has 2 aromatic rings. The molecule has 0 atom stereocenters. The molecule has 152 valence electrons. The summed E-state index contributed by atoms with van der Waals surface area (Å²) in [6, 6.07) is 11.4. The third-order valence-corrected chi connectivity index (χ3v) is 5.07. The highest BCUT2D eigenvalue weighted by atomic mass is 127. The van der Waals surface area contributed by atoms with Gasteiger partial charge in [-0.2, -0.15) is 0 Å². The molecule has 2 heterocycles. The number of nitrogens with one attached hydrogen (secondary N) is 2. The molecule has 3 rings (SSSR count). The fourth-order valence-electron chi connectivity index (χ4n) is 3.12. The maximum absolute atomic E-state index is 14.0. The van der Waals surface area contributed by atoms with Gasteiger partial charge in [-0.25, -0.2) is 14.4 Å². The van der Waals surface area contributed by atoms with E-state index < -0.39 is 0 Å². The van der Waals surface area contributed by atoms with Crippen LogP contribution in [0.25, 0.3) is 0 Å². The number of hydrogen-bond acceptors (Lipinski definition) is 3. The van der Waals surface area contributed by atoms with Crippen molar-refractivity contribution < 1.29 is 4.39 Å². The molecular weight excluding hydrogens is 536 g/mol. The van der Waals surface area contributed by atoms with Crippen molar-refractivity contribution in [2.45, 2.75) is 32.4 Å². The number of piperidine rings is 1. The van der Waals surface area contributed by atoms with E-state index in [9.17, 15) is 4.39 Å². The van der Waals surface area contributed by atoms with Gasteiger partial charge in [-0.1, -0.05) is 28.1 Å². The molecule has 0 bridgehead atoms. The van der Waals surface area contributed by atoms with E-state index in [0.717, 1.165) is 48.7 Å². The molecule has 0 spiro atoms. The maximum atomic E-state index is 14.0. The van der Waals surface area contributed by atoms with E-state index in [4.69, 9.17) is 0 Å². The third kappa shape index (κ3) is 6.58. The summed E-state index contributed by atoms with van der Waals surface area (Å²) in [6.45, 7) is 5.01. The lowest BCUT2D eigenvalue weighted by atomic mass is 10.1. The second-order valence-electron chi connectivity index (χ2n) is 6.52. The lowest BCUT2D eigenvalue weighted by molar-refractivity contribution is 0.459. The molecule has 1 aliphatic heterocycles. The van der Waals surface area contributed by atoms with Gasteiger partial charge in [0.25, 0.3) is 0 Å². The number of hydrogen-bond donors (Lipinski definition) is 2. The van der Waals surface area contributed by atoms with E-state index >= 15 is 0 Å². The number of rotatable bonds is 5. The number of anilines is 1. The minimum Gasteiger partial charge on any atom is -0.357 e. The van der Waals surface area contributed by atoms with Crippen LogP contribution >= 0.6 is 39.9 Å². The molecule has 0 saturated carbocycles. The Morgan fingerprint density at radius 3 is 2.71 bits per heavy atom. The Hall–Kier alpha value is -1.42. The van der Waals surface area contributed by atoms with Crippen molar-refractivity contribution in [3.05, 3.63) is 58.4 Å². The van der Waals surface area contributed by atoms with Crippen molar-refractivity contribution in [3.63, 3.8) is 0 Å². The van der Waals surface area contributed by atoms with E-state index in [1.165, 1.54) is 6.07 Å². The number of benzene rings is 1. The Bertz CT molecular complexity index is 766. The van der Waals surface area contributed by atoms with Crippen LogP contribution in [0.15, 0.2) is 52.1 Å². The van der Waals surface area contributed by atoms with Crippen LogP contribution < -0.4 is 15.5 Å².